The number of piperidine rings is 1. The summed E-state index contributed by atoms with van der Waals surface area (Å²) < 4.78 is 32.8. The Morgan fingerprint density at radius 1 is 1.12 bits per heavy atom. The summed E-state index contributed by atoms with van der Waals surface area (Å²) in [6.45, 7) is 6.30. The molecule has 1 aromatic carbocycles. The van der Waals surface area contributed by atoms with Crippen molar-refractivity contribution < 1.29 is 22.4 Å². The van der Waals surface area contributed by atoms with Crippen LogP contribution in [-0.4, -0.2) is 56.3 Å². The van der Waals surface area contributed by atoms with Crippen molar-refractivity contribution in [1.29, 1.82) is 0 Å². The van der Waals surface area contributed by atoms with Crippen LogP contribution < -0.4 is 10.0 Å². The number of sulfonamides is 1. The molecule has 9 nitrogen and oxygen atoms in total. The number of hydrogen-bond acceptors (Lipinski definition) is 5. The van der Waals surface area contributed by atoms with Gasteiger partial charge in [0, 0.05) is 37.8 Å². The van der Waals surface area contributed by atoms with Crippen LogP contribution in [0.5, 0.6) is 0 Å². The number of rotatable bonds is 8. The molecule has 1 aliphatic heterocycles. The number of furan rings is 1. The van der Waals surface area contributed by atoms with Gasteiger partial charge in [-0.1, -0.05) is 6.07 Å². The monoisotopic (exact) mass is 462 g/mol. The largest absolute Gasteiger partial charge is 0.468 e. The summed E-state index contributed by atoms with van der Waals surface area (Å²) >= 11 is 0. The van der Waals surface area contributed by atoms with Crippen LogP contribution in [0.25, 0.3) is 0 Å². The van der Waals surface area contributed by atoms with Crippen molar-refractivity contribution in [2.24, 2.45) is 5.92 Å². The van der Waals surface area contributed by atoms with Crippen molar-refractivity contribution in [2.45, 2.75) is 38.1 Å². The van der Waals surface area contributed by atoms with Crippen LogP contribution in [0.1, 0.15) is 32.4 Å². The number of benzene rings is 1. The summed E-state index contributed by atoms with van der Waals surface area (Å²) in [5, 5.41) is 2.82. The van der Waals surface area contributed by atoms with Crippen molar-refractivity contribution in [1.82, 2.24) is 14.5 Å². The van der Waals surface area contributed by atoms with Crippen LogP contribution in [-0.2, 0) is 21.4 Å². The Morgan fingerprint density at radius 3 is 2.47 bits per heavy atom. The van der Waals surface area contributed by atoms with E-state index in [1.54, 1.807) is 34.1 Å². The normalized spacial score (nSPS) is 14.9. The third kappa shape index (κ3) is 5.89. The zero-order valence-electron chi connectivity index (χ0n) is 18.4. The Kier molecular flexibility index (Phi) is 7.92. The van der Waals surface area contributed by atoms with Crippen molar-refractivity contribution in [3.8, 4) is 0 Å². The molecule has 3 amide bonds. The molecule has 0 unspecified atom stereocenters. The maximum absolute atomic E-state index is 12.7. The molecule has 10 heteroatoms. The van der Waals surface area contributed by atoms with Crippen molar-refractivity contribution in [2.75, 3.05) is 31.5 Å². The average Bonchev–Trinajstić information content (AvgIpc) is 3.33. The molecule has 1 saturated heterocycles. The summed E-state index contributed by atoms with van der Waals surface area (Å²) in [7, 11) is -3.76. The standard InChI is InChI=1S/C22H30N4O5S/c1-3-25(4-2)22(28)26-12-10-17(11-13-26)21(27)24-18-7-5-9-20(15-18)32(29,30)23-16-19-8-6-14-31-19/h5-9,14-15,17,23H,3-4,10-13,16H2,1-2H3,(H,24,27). The first kappa shape index (κ1) is 23.8. The quantitative estimate of drug-likeness (QED) is 0.627. The number of nitrogens with one attached hydrogen (secondary N) is 2. The molecule has 2 N–H and O–H groups in total. The fourth-order valence-corrected chi connectivity index (χ4v) is 4.71. The molecular weight excluding hydrogens is 432 g/mol. The average molecular weight is 463 g/mol. The summed E-state index contributed by atoms with van der Waals surface area (Å²) in [5.41, 5.74) is 0.414. The second-order valence-corrected chi connectivity index (χ2v) is 9.40. The lowest BCUT2D eigenvalue weighted by atomic mass is 9.96. The molecule has 0 radical (unpaired) electrons. The minimum atomic E-state index is -3.76. The predicted molar refractivity (Wildman–Crippen MR) is 120 cm³/mol. The highest BCUT2D eigenvalue weighted by atomic mass is 32.2. The Hall–Kier alpha value is -2.85. The van der Waals surface area contributed by atoms with Gasteiger partial charge in [-0.2, -0.15) is 0 Å². The molecule has 1 aromatic heterocycles. The first-order chi connectivity index (χ1) is 15.3. The lowest BCUT2D eigenvalue weighted by Crippen LogP contribution is -2.47. The molecular formula is C22H30N4O5S. The number of nitrogens with zero attached hydrogens (tertiary/aromatic N) is 2. The third-order valence-electron chi connectivity index (χ3n) is 5.60. The molecule has 0 saturated carbocycles. The Balaban J connectivity index is 1.56. The summed E-state index contributed by atoms with van der Waals surface area (Å²) in [6, 6.07) is 9.52. The van der Waals surface area contributed by atoms with Gasteiger partial charge in [0.25, 0.3) is 0 Å². The Labute approximate surface area is 188 Å². The third-order valence-corrected chi connectivity index (χ3v) is 7.00. The van der Waals surface area contributed by atoms with E-state index in [0.717, 1.165) is 0 Å². The summed E-state index contributed by atoms with van der Waals surface area (Å²) in [6.07, 6.45) is 2.62. The Morgan fingerprint density at radius 2 is 1.84 bits per heavy atom. The van der Waals surface area contributed by atoms with E-state index in [-0.39, 0.29) is 29.3 Å². The number of hydrogen-bond donors (Lipinski definition) is 2. The molecule has 3 rings (SSSR count). The van der Waals surface area contributed by atoms with Gasteiger partial charge in [-0.3, -0.25) is 4.79 Å². The first-order valence-corrected chi connectivity index (χ1v) is 12.3. The van der Waals surface area contributed by atoms with E-state index in [0.29, 0.717) is 50.5 Å². The van der Waals surface area contributed by atoms with Crippen molar-refractivity contribution in [3.63, 3.8) is 0 Å². The van der Waals surface area contributed by atoms with Crippen LogP contribution in [0.15, 0.2) is 52.0 Å². The fourth-order valence-electron chi connectivity index (χ4n) is 3.68. The topological polar surface area (TPSA) is 112 Å². The number of anilines is 1. The van der Waals surface area contributed by atoms with E-state index in [4.69, 9.17) is 4.42 Å². The lowest BCUT2D eigenvalue weighted by Gasteiger charge is -2.34. The number of carbonyl (C=O) groups is 2. The minimum Gasteiger partial charge on any atom is -0.468 e. The van der Waals surface area contributed by atoms with Crippen LogP contribution in [0.3, 0.4) is 0 Å². The maximum atomic E-state index is 12.7. The van der Waals surface area contributed by atoms with E-state index in [9.17, 15) is 18.0 Å². The van der Waals surface area contributed by atoms with Crippen LogP contribution >= 0.6 is 0 Å². The highest BCUT2D eigenvalue weighted by Gasteiger charge is 2.29. The van der Waals surface area contributed by atoms with E-state index in [1.807, 2.05) is 13.8 Å². The second-order valence-electron chi connectivity index (χ2n) is 7.64. The molecule has 32 heavy (non-hydrogen) atoms. The van der Waals surface area contributed by atoms with Gasteiger partial charge < -0.3 is 19.5 Å². The molecule has 0 aliphatic carbocycles. The minimum absolute atomic E-state index is 0.00816. The van der Waals surface area contributed by atoms with E-state index >= 15 is 0 Å². The van der Waals surface area contributed by atoms with Crippen molar-refractivity contribution >= 4 is 27.6 Å². The van der Waals surface area contributed by atoms with E-state index in [2.05, 4.69) is 10.0 Å². The van der Waals surface area contributed by atoms with Gasteiger partial charge in [0.05, 0.1) is 17.7 Å². The van der Waals surface area contributed by atoms with Gasteiger partial charge in [-0.15, -0.1) is 0 Å². The molecule has 0 atom stereocenters. The SMILES string of the molecule is CCN(CC)C(=O)N1CCC(C(=O)Nc2cccc(S(=O)(=O)NCc3ccco3)c2)CC1. The molecule has 174 valence electrons. The molecule has 1 fully saturated rings. The van der Waals surface area contributed by atoms with Gasteiger partial charge >= 0.3 is 6.03 Å². The number of urea groups is 1. The van der Waals surface area contributed by atoms with Crippen LogP contribution in [0, 0.1) is 5.92 Å². The zero-order valence-corrected chi connectivity index (χ0v) is 19.2. The lowest BCUT2D eigenvalue weighted by molar-refractivity contribution is -0.121. The van der Waals surface area contributed by atoms with Crippen LogP contribution in [0.4, 0.5) is 10.5 Å². The van der Waals surface area contributed by atoms with E-state index in [1.165, 1.54) is 18.4 Å². The van der Waals surface area contributed by atoms with Gasteiger partial charge in [0.1, 0.15) is 5.76 Å². The number of likely N-dealkylation sites (tertiary alicyclic amines) is 1. The summed E-state index contributed by atoms with van der Waals surface area (Å²) in [4.78, 5) is 28.8. The smallest absolute Gasteiger partial charge is 0.319 e. The first-order valence-electron chi connectivity index (χ1n) is 10.8. The molecule has 2 aromatic rings. The van der Waals surface area contributed by atoms with Crippen LogP contribution in [0.2, 0.25) is 0 Å². The number of carbonyl (C=O) groups excluding carboxylic acids is 2. The fraction of sp³-hybridized carbons (Fsp3) is 0.455. The zero-order chi connectivity index (χ0) is 23.1. The van der Waals surface area contributed by atoms with Gasteiger partial charge in [0.15, 0.2) is 0 Å². The van der Waals surface area contributed by atoms with Crippen molar-refractivity contribution in [3.05, 3.63) is 48.4 Å². The number of amides is 3. The highest BCUT2D eigenvalue weighted by molar-refractivity contribution is 7.89. The second kappa shape index (κ2) is 10.6. The van der Waals surface area contributed by atoms with E-state index < -0.39 is 10.0 Å². The molecule has 2 heterocycles. The predicted octanol–water partition coefficient (Wildman–Crippen LogP) is 2.87. The van der Waals surface area contributed by atoms with Gasteiger partial charge in [-0.05, 0) is 57.0 Å². The highest BCUT2D eigenvalue weighted by Crippen LogP contribution is 2.22. The van der Waals surface area contributed by atoms with Gasteiger partial charge in [-0.25, -0.2) is 17.9 Å². The molecule has 1 aliphatic rings. The van der Waals surface area contributed by atoms with Gasteiger partial charge in [0.2, 0.25) is 15.9 Å². The maximum Gasteiger partial charge on any atom is 0.319 e. The molecule has 0 spiro atoms. The molecule has 0 bridgehead atoms. The Bertz CT molecular complexity index is 1010. The summed E-state index contributed by atoms with van der Waals surface area (Å²) in [5.74, 6) is 0.106.